The van der Waals surface area contributed by atoms with Crippen LogP contribution in [0.1, 0.15) is 25.8 Å². The number of nitrogens with zero attached hydrogens (tertiary/aromatic N) is 2. The highest BCUT2D eigenvalue weighted by molar-refractivity contribution is 14.1. The van der Waals surface area contributed by atoms with Crippen LogP contribution in [0.3, 0.4) is 0 Å². The Morgan fingerprint density at radius 2 is 1.81 bits per heavy atom. The molecule has 1 aromatic carbocycles. The number of carbonyl (C=O) groups excluding carboxylic acids is 2. The zero-order valence-electron chi connectivity index (χ0n) is 15.4. The molecule has 2 amide bonds. The minimum atomic E-state index is -0.235. The second-order valence-corrected chi connectivity index (χ2v) is 8.60. The fourth-order valence-electron chi connectivity index (χ4n) is 4.29. The molecular formula is C20H21IN2O4. The third kappa shape index (κ3) is 3.05. The van der Waals surface area contributed by atoms with Crippen molar-refractivity contribution in [1.82, 2.24) is 5.01 Å². The van der Waals surface area contributed by atoms with Crippen molar-refractivity contribution in [3.8, 4) is 11.5 Å². The Hall–Kier alpha value is -1.90. The molecule has 1 aliphatic heterocycles. The van der Waals surface area contributed by atoms with E-state index in [0.717, 1.165) is 20.6 Å². The molecular weight excluding hydrogens is 459 g/mol. The molecule has 1 saturated carbocycles. The Labute approximate surface area is 171 Å². The van der Waals surface area contributed by atoms with Gasteiger partial charge in [0.25, 0.3) is 11.8 Å². The van der Waals surface area contributed by atoms with Crippen molar-refractivity contribution in [2.45, 2.75) is 26.4 Å². The van der Waals surface area contributed by atoms with Crippen LogP contribution in [0.15, 0.2) is 29.4 Å². The van der Waals surface area contributed by atoms with Crippen molar-refractivity contribution < 1.29 is 19.1 Å². The van der Waals surface area contributed by atoms with Crippen molar-refractivity contribution in [2.75, 3.05) is 7.11 Å². The van der Waals surface area contributed by atoms with E-state index in [9.17, 15) is 9.59 Å². The van der Waals surface area contributed by atoms with Crippen molar-refractivity contribution >= 4 is 40.6 Å². The van der Waals surface area contributed by atoms with Crippen LogP contribution < -0.4 is 9.47 Å². The molecule has 0 radical (unpaired) electrons. The summed E-state index contributed by atoms with van der Waals surface area (Å²) in [6.45, 7) is 3.91. The monoisotopic (exact) mass is 480 g/mol. The first-order valence-electron chi connectivity index (χ1n) is 9.05. The van der Waals surface area contributed by atoms with Crippen LogP contribution in [-0.4, -0.2) is 36.3 Å². The fourth-order valence-corrected chi connectivity index (χ4v) is 5.04. The molecule has 2 fully saturated rings. The van der Waals surface area contributed by atoms with Crippen LogP contribution in [-0.2, 0) is 9.59 Å². The third-order valence-corrected chi connectivity index (χ3v) is 6.18. The van der Waals surface area contributed by atoms with E-state index in [-0.39, 0.29) is 41.6 Å². The number of benzene rings is 1. The summed E-state index contributed by atoms with van der Waals surface area (Å²) >= 11 is 2.18. The lowest BCUT2D eigenvalue weighted by atomic mass is 9.85. The van der Waals surface area contributed by atoms with Crippen LogP contribution in [0.25, 0.3) is 0 Å². The number of imide groups is 1. The summed E-state index contributed by atoms with van der Waals surface area (Å²) in [5.41, 5.74) is 0.742. The van der Waals surface area contributed by atoms with Gasteiger partial charge in [-0.3, -0.25) is 9.59 Å². The van der Waals surface area contributed by atoms with Gasteiger partial charge in [0, 0.05) is 0 Å². The van der Waals surface area contributed by atoms with Crippen molar-refractivity contribution in [1.29, 1.82) is 0 Å². The van der Waals surface area contributed by atoms with Gasteiger partial charge in [-0.15, -0.1) is 0 Å². The van der Waals surface area contributed by atoms with Gasteiger partial charge in [-0.05, 0) is 72.4 Å². The number of amides is 2. The molecule has 0 N–H and O–H groups in total. The molecule has 1 saturated heterocycles. The normalized spacial score (nSPS) is 28.7. The summed E-state index contributed by atoms with van der Waals surface area (Å²) in [4.78, 5) is 25.4. The number of hydrazone groups is 1. The maximum atomic E-state index is 12.7. The first-order valence-corrected chi connectivity index (χ1v) is 10.1. The fraction of sp³-hybridized carbons (Fsp3) is 0.450. The highest BCUT2D eigenvalue weighted by Crippen LogP contribution is 2.52. The van der Waals surface area contributed by atoms with E-state index in [1.54, 1.807) is 13.2 Å². The van der Waals surface area contributed by atoms with Gasteiger partial charge in [-0.25, -0.2) is 0 Å². The average molecular weight is 480 g/mol. The lowest BCUT2D eigenvalue weighted by Gasteiger charge is -2.16. The summed E-state index contributed by atoms with van der Waals surface area (Å²) in [7, 11) is 1.58. The second kappa shape index (κ2) is 6.92. The maximum Gasteiger partial charge on any atom is 0.254 e. The third-order valence-electron chi connectivity index (χ3n) is 5.37. The van der Waals surface area contributed by atoms with Gasteiger partial charge in [-0.1, -0.05) is 12.2 Å². The van der Waals surface area contributed by atoms with Crippen LogP contribution in [0.2, 0.25) is 0 Å². The molecule has 2 bridgehead atoms. The number of fused-ring (bicyclic) bond motifs is 5. The largest absolute Gasteiger partial charge is 0.493 e. The zero-order valence-corrected chi connectivity index (χ0v) is 17.5. The van der Waals surface area contributed by atoms with E-state index in [1.165, 1.54) is 6.21 Å². The minimum Gasteiger partial charge on any atom is -0.493 e. The summed E-state index contributed by atoms with van der Waals surface area (Å²) in [6.07, 6.45) is 6.62. The molecule has 0 spiro atoms. The Kier molecular flexibility index (Phi) is 4.73. The van der Waals surface area contributed by atoms with Gasteiger partial charge in [0.1, 0.15) is 0 Å². The highest BCUT2D eigenvalue weighted by Gasteiger charge is 2.59. The van der Waals surface area contributed by atoms with Crippen molar-refractivity contribution in [3.63, 3.8) is 0 Å². The number of halogens is 1. The van der Waals surface area contributed by atoms with Gasteiger partial charge in [0.15, 0.2) is 11.5 Å². The first kappa shape index (κ1) is 18.5. The van der Waals surface area contributed by atoms with Crippen molar-refractivity contribution in [2.24, 2.45) is 28.8 Å². The van der Waals surface area contributed by atoms with E-state index in [0.29, 0.717) is 11.5 Å². The smallest absolute Gasteiger partial charge is 0.254 e. The number of hydrogen-bond acceptors (Lipinski definition) is 5. The number of methoxy groups -OCH3 is 1. The Bertz CT molecular complexity index is 834. The van der Waals surface area contributed by atoms with Gasteiger partial charge < -0.3 is 9.47 Å². The summed E-state index contributed by atoms with van der Waals surface area (Å²) in [5, 5.41) is 5.28. The highest BCUT2D eigenvalue weighted by atomic mass is 127. The van der Waals surface area contributed by atoms with E-state index in [4.69, 9.17) is 9.47 Å². The molecule has 2 aliphatic carbocycles. The second-order valence-electron chi connectivity index (χ2n) is 7.43. The Morgan fingerprint density at radius 1 is 1.19 bits per heavy atom. The number of rotatable bonds is 5. The van der Waals surface area contributed by atoms with Gasteiger partial charge in [0.05, 0.1) is 34.8 Å². The molecule has 6 nitrogen and oxygen atoms in total. The predicted octanol–water partition coefficient (Wildman–Crippen LogP) is 3.23. The predicted molar refractivity (Wildman–Crippen MR) is 109 cm³/mol. The summed E-state index contributed by atoms with van der Waals surface area (Å²) in [6, 6.07) is 3.68. The lowest BCUT2D eigenvalue weighted by Crippen LogP contribution is -2.28. The van der Waals surface area contributed by atoms with Gasteiger partial charge >= 0.3 is 0 Å². The molecule has 4 unspecified atom stereocenters. The summed E-state index contributed by atoms with van der Waals surface area (Å²) < 4.78 is 12.1. The topological polar surface area (TPSA) is 68.2 Å². The Balaban J connectivity index is 1.58. The maximum absolute atomic E-state index is 12.7. The van der Waals surface area contributed by atoms with E-state index in [2.05, 4.69) is 39.8 Å². The molecule has 0 aromatic heterocycles. The standard InChI is InChI=1S/C20H21IN2O4/c1-10(2)27-18-14(21)6-11(7-15(18)26-3)9-22-23-19(24)16-12-4-5-13(8-12)17(16)20(23)25/h4-7,9-10,12-13,16-17H,8H2,1-3H3. The van der Waals surface area contributed by atoms with E-state index in [1.807, 2.05) is 19.9 Å². The van der Waals surface area contributed by atoms with E-state index >= 15 is 0 Å². The number of carbonyl (C=O) groups is 2. The number of hydrogen-bond donors (Lipinski definition) is 0. The zero-order chi connectivity index (χ0) is 19.3. The van der Waals surface area contributed by atoms with Gasteiger partial charge in [0.2, 0.25) is 0 Å². The SMILES string of the molecule is COc1cc(C=NN2C(=O)C3C4C=CC(C4)C3C2=O)cc(I)c1OC(C)C. The number of allylic oxidation sites excluding steroid dienone is 2. The number of ether oxygens (including phenoxy) is 2. The van der Waals surface area contributed by atoms with Crippen LogP contribution in [0.4, 0.5) is 0 Å². The molecule has 3 aliphatic rings. The first-order chi connectivity index (χ1) is 12.9. The lowest BCUT2D eigenvalue weighted by molar-refractivity contribution is -0.140. The summed E-state index contributed by atoms with van der Waals surface area (Å²) in [5.74, 6) is 0.808. The average Bonchev–Trinajstić information content (AvgIpc) is 3.29. The molecule has 1 heterocycles. The Morgan fingerprint density at radius 3 is 2.37 bits per heavy atom. The molecule has 142 valence electrons. The van der Waals surface area contributed by atoms with Crippen molar-refractivity contribution in [3.05, 3.63) is 33.4 Å². The molecule has 4 atom stereocenters. The van der Waals surface area contributed by atoms with Crippen LogP contribution in [0.5, 0.6) is 11.5 Å². The quantitative estimate of drug-likeness (QED) is 0.281. The molecule has 27 heavy (non-hydrogen) atoms. The van der Waals surface area contributed by atoms with Crippen LogP contribution in [0, 0.1) is 27.2 Å². The van der Waals surface area contributed by atoms with E-state index < -0.39 is 0 Å². The van der Waals surface area contributed by atoms with Crippen LogP contribution >= 0.6 is 22.6 Å². The molecule has 1 aromatic rings. The van der Waals surface area contributed by atoms with Gasteiger partial charge in [-0.2, -0.15) is 10.1 Å². The molecule has 7 heteroatoms. The molecule has 4 rings (SSSR count). The minimum absolute atomic E-state index is 0.0233.